The quantitative estimate of drug-likeness (QED) is 0.845. The van der Waals surface area contributed by atoms with Gasteiger partial charge < -0.3 is 10.1 Å². The van der Waals surface area contributed by atoms with E-state index in [2.05, 4.69) is 36.3 Å². The van der Waals surface area contributed by atoms with Crippen LogP contribution in [0.3, 0.4) is 0 Å². The van der Waals surface area contributed by atoms with Crippen molar-refractivity contribution in [3.8, 4) is 0 Å². The molecule has 1 aromatic heterocycles. The molecule has 1 unspecified atom stereocenters. The fraction of sp³-hybridized carbons (Fsp3) is 0.375. The van der Waals surface area contributed by atoms with Gasteiger partial charge in [0.05, 0.1) is 12.6 Å². The lowest BCUT2D eigenvalue weighted by molar-refractivity contribution is 0.0519. The fourth-order valence-corrected chi connectivity index (χ4v) is 3.07. The van der Waals surface area contributed by atoms with Gasteiger partial charge in [-0.3, -0.25) is 0 Å². The van der Waals surface area contributed by atoms with E-state index in [4.69, 9.17) is 4.74 Å². The number of hydrogen-bond acceptors (Lipinski definition) is 5. The number of thiazole rings is 1. The second kappa shape index (κ2) is 6.72. The third-order valence-electron chi connectivity index (χ3n) is 3.26. The van der Waals surface area contributed by atoms with E-state index in [9.17, 15) is 4.79 Å². The van der Waals surface area contributed by atoms with Crippen molar-refractivity contribution in [3.05, 3.63) is 46.0 Å². The Balaban J connectivity index is 2.15. The first-order chi connectivity index (χ1) is 10.0. The number of aryl methyl sites for hydroxylation is 2. The maximum absolute atomic E-state index is 11.8. The van der Waals surface area contributed by atoms with Gasteiger partial charge >= 0.3 is 5.97 Å². The minimum Gasteiger partial charge on any atom is -0.461 e. The highest BCUT2D eigenvalue weighted by Gasteiger charge is 2.18. The summed E-state index contributed by atoms with van der Waals surface area (Å²) in [5, 5.41) is 4.10. The molecular weight excluding hydrogens is 284 g/mol. The molecule has 0 fully saturated rings. The molecule has 112 valence electrons. The molecule has 0 spiro atoms. The first-order valence-corrected chi connectivity index (χ1v) is 7.81. The number of carbonyl (C=O) groups excluding carboxylic acids is 1. The average molecular weight is 304 g/mol. The number of carbonyl (C=O) groups is 1. The van der Waals surface area contributed by atoms with Gasteiger partial charge in [0.25, 0.3) is 0 Å². The minimum absolute atomic E-state index is 0.131. The smallest absolute Gasteiger partial charge is 0.358 e. The Morgan fingerprint density at radius 3 is 2.76 bits per heavy atom. The Labute approximate surface area is 129 Å². The molecule has 0 saturated carbocycles. The van der Waals surface area contributed by atoms with Crippen LogP contribution in [-0.4, -0.2) is 17.6 Å². The number of nitrogens with zero attached hydrogens (tertiary/aromatic N) is 1. The summed E-state index contributed by atoms with van der Waals surface area (Å²) in [6, 6.07) is 8.37. The second-order valence-electron chi connectivity index (χ2n) is 4.87. The molecule has 2 rings (SSSR count). The topological polar surface area (TPSA) is 51.2 Å². The fourth-order valence-electron chi connectivity index (χ4n) is 2.18. The zero-order valence-corrected chi connectivity index (χ0v) is 13.6. The van der Waals surface area contributed by atoms with E-state index in [1.165, 1.54) is 22.5 Å². The van der Waals surface area contributed by atoms with Crippen LogP contribution in [-0.2, 0) is 4.74 Å². The lowest BCUT2D eigenvalue weighted by Gasteiger charge is -2.15. The van der Waals surface area contributed by atoms with Gasteiger partial charge in [0.15, 0.2) is 10.8 Å². The van der Waals surface area contributed by atoms with Gasteiger partial charge in [0.2, 0.25) is 0 Å². The molecule has 0 bridgehead atoms. The number of aromatic nitrogens is 1. The van der Waals surface area contributed by atoms with Gasteiger partial charge in [-0.15, -0.1) is 11.3 Å². The molecule has 1 atom stereocenters. The standard InChI is InChI=1S/C16H20N2O2S/c1-5-20-15(19)14-12(4)21-16(18-14)17-11(3)13-9-7-6-8-10(13)2/h6-9,11H,5H2,1-4H3,(H,17,18). The van der Waals surface area contributed by atoms with E-state index >= 15 is 0 Å². The van der Waals surface area contributed by atoms with Crippen molar-refractivity contribution in [2.45, 2.75) is 33.7 Å². The zero-order valence-electron chi connectivity index (χ0n) is 12.8. The van der Waals surface area contributed by atoms with Gasteiger partial charge in [0.1, 0.15) is 0 Å². The summed E-state index contributed by atoms with van der Waals surface area (Å²) in [4.78, 5) is 17.0. The monoisotopic (exact) mass is 304 g/mol. The summed E-state index contributed by atoms with van der Waals surface area (Å²) in [5.74, 6) is -0.358. The lowest BCUT2D eigenvalue weighted by Crippen LogP contribution is -2.09. The molecule has 4 nitrogen and oxygen atoms in total. The SMILES string of the molecule is CCOC(=O)c1nc(NC(C)c2ccccc2C)sc1C. The summed E-state index contributed by atoms with van der Waals surface area (Å²) >= 11 is 1.47. The van der Waals surface area contributed by atoms with Crippen LogP contribution < -0.4 is 5.32 Å². The van der Waals surface area contributed by atoms with Crippen LogP contribution >= 0.6 is 11.3 Å². The molecule has 1 heterocycles. The average Bonchev–Trinajstić information content (AvgIpc) is 2.80. The van der Waals surface area contributed by atoms with Crippen LogP contribution in [0.25, 0.3) is 0 Å². The van der Waals surface area contributed by atoms with Crippen molar-refractivity contribution in [1.29, 1.82) is 0 Å². The predicted molar refractivity (Wildman–Crippen MR) is 86.0 cm³/mol. The highest BCUT2D eigenvalue weighted by atomic mass is 32.1. The third-order valence-corrected chi connectivity index (χ3v) is 4.16. The maximum Gasteiger partial charge on any atom is 0.358 e. The normalized spacial score (nSPS) is 12.0. The van der Waals surface area contributed by atoms with Crippen LogP contribution in [0.4, 0.5) is 5.13 Å². The van der Waals surface area contributed by atoms with E-state index in [0.717, 1.165) is 10.0 Å². The maximum atomic E-state index is 11.8. The molecule has 0 saturated heterocycles. The third kappa shape index (κ3) is 3.61. The van der Waals surface area contributed by atoms with Gasteiger partial charge in [-0.25, -0.2) is 9.78 Å². The van der Waals surface area contributed by atoms with Crippen molar-refractivity contribution in [3.63, 3.8) is 0 Å². The van der Waals surface area contributed by atoms with Crippen LogP contribution in [0.2, 0.25) is 0 Å². The van der Waals surface area contributed by atoms with E-state index in [1.807, 2.05) is 19.1 Å². The van der Waals surface area contributed by atoms with Crippen LogP contribution in [0.5, 0.6) is 0 Å². The predicted octanol–water partition coefficient (Wildman–Crippen LogP) is 4.11. The van der Waals surface area contributed by atoms with Crippen molar-refractivity contribution >= 4 is 22.4 Å². The van der Waals surface area contributed by atoms with E-state index < -0.39 is 0 Å². The van der Waals surface area contributed by atoms with Gasteiger partial charge in [-0.2, -0.15) is 0 Å². The molecule has 2 aromatic rings. The van der Waals surface area contributed by atoms with Gasteiger partial charge in [-0.05, 0) is 38.8 Å². The summed E-state index contributed by atoms with van der Waals surface area (Å²) < 4.78 is 5.01. The Kier molecular flexibility index (Phi) is 4.96. The highest BCUT2D eigenvalue weighted by molar-refractivity contribution is 7.15. The van der Waals surface area contributed by atoms with Crippen molar-refractivity contribution in [1.82, 2.24) is 4.98 Å². The number of ether oxygens (including phenoxy) is 1. The van der Waals surface area contributed by atoms with Crippen molar-refractivity contribution in [2.24, 2.45) is 0 Å². The Hall–Kier alpha value is -1.88. The number of anilines is 1. The molecule has 0 aliphatic rings. The Morgan fingerprint density at radius 2 is 2.10 bits per heavy atom. The zero-order chi connectivity index (χ0) is 15.4. The number of benzene rings is 1. The molecule has 5 heteroatoms. The Bertz CT molecular complexity index is 637. The summed E-state index contributed by atoms with van der Waals surface area (Å²) in [7, 11) is 0. The lowest BCUT2D eigenvalue weighted by atomic mass is 10.0. The molecule has 0 aliphatic heterocycles. The van der Waals surface area contributed by atoms with Crippen LogP contribution in [0, 0.1) is 13.8 Å². The molecule has 0 radical (unpaired) electrons. The molecule has 0 amide bonds. The number of hydrogen-bond donors (Lipinski definition) is 1. The first-order valence-electron chi connectivity index (χ1n) is 6.99. The molecule has 0 aliphatic carbocycles. The van der Waals surface area contributed by atoms with E-state index in [-0.39, 0.29) is 12.0 Å². The minimum atomic E-state index is -0.358. The highest BCUT2D eigenvalue weighted by Crippen LogP contribution is 2.27. The largest absolute Gasteiger partial charge is 0.461 e. The van der Waals surface area contributed by atoms with E-state index in [0.29, 0.717) is 12.3 Å². The first kappa shape index (κ1) is 15.5. The molecular formula is C16H20N2O2S. The van der Waals surface area contributed by atoms with Crippen molar-refractivity contribution < 1.29 is 9.53 Å². The summed E-state index contributed by atoms with van der Waals surface area (Å²) in [5.41, 5.74) is 2.86. The summed E-state index contributed by atoms with van der Waals surface area (Å²) in [6.45, 7) is 8.21. The van der Waals surface area contributed by atoms with Gasteiger partial charge in [-0.1, -0.05) is 24.3 Å². The van der Waals surface area contributed by atoms with Gasteiger partial charge in [0, 0.05) is 4.88 Å². The molecule has 21 heavy (non-hydrogen) atoms. The second-order valence-corrected chi connectivity index (χ2v) is 6.07. The van der Waals surface area contributed by atoms with Crippen LogP contribution in [0.15, 0.2) is 24.3 Å². The van der Waals surface area contributed by atoms with Crippen LogP contribution in [0.1, 0.15) is 46.4 Å². The van der Waals surface area contributed by atoms with E-state index in [1.54, 1.807) is 6.92 Å². The number of rotatable bonds is 5. The number of esters is 1. The number of nitrogens with one attached hydrogen (secondary N) is 1. The summed E-state index contributed by atoms with van der Waals surface area (Å²) in [6.07, 6.45) is 0. The molecule has 1 aromatic carbocycles. The van der Waals surface area contributed by atoms with Crippen molar-refractivity contribution in [2.75, 3.05) is 11.9 Å². The Morgan fingerprint density at radius 1 is 1.38 bits per heavy atom. The molecule has 1 N–H and O–H groups in total.